The van der Waals surface area contributed by atoms with Crippen LogP contribution in [0.3, 0.4) is 0 Å². The zero-order valence-corrected chi connectivity index (χ0v) is 13.1. The molecule has 2 aromatic carbocycles. The summed E-state index contributed by atoms with van der Waals surface area (Å²) in [5.74, 6) is 1.94. The van der Waals surface area contributed by atoms with Gasteiger partial charge in [0, 0.05) is 5.02 Å². The Hall–Kier alpha value is -2.40. The predicted molar refractivity (Wildman–Crippen MR) is 88.9 cm³/mol. The number of halogens is 1. The van der Waals surface area contributed by atoms with Crippen molar-refractivity contribution < 1.29 is 9.47 Å². The van der Waals surface area contributed by atoms with Crippen molar-refractivity contribution in [2.24, 2.45) is 10.7 Å². The second-order valence-electron chi connectivity index (χ2n) is 5.60. The van der Waals surface area contributed by atoms with Crippen molar-refractivity contribution >= 4 is 17.6 Å². The molecular formula is C17H16ClN3O2. The second-order valence-corrected chi connectivity index (χ2v) is 6.00. The summed E-state index contributed by atoms with van der Waals surface area (Å²) in [4.78, 5) is 4.53. The van der Waals surface area contributed by atoms with E-state index in [1.807, 2.05) is 42.5 Å². The van der Waals surface area contributed by atoms with Crippen molar-refractivity contribution in [1.29, 1.82) is 0 Å². The average molecular weight is 330 g/mol. The molecule has 0 saturated carbocycles. The molecule has 2 unspecified atom stereocenters. The summed E-state index contributed by atoms with van der Waals surface area (Å²) >= 11 is 6.32. The van der Waals surface area contributed by atoms with E-state index in [9.17, 15) is 0 Å². The number of benzene rings is 2. The zero-order chi connectivity index (χ0) is 15.8. The third kappa shape index (κ3) is 2.68. The molecule has 2 aliphatic rings. The Morgan fingerprint density at radius 2 is 1.96 bits per heavy atom. The van der Waals surface area contributed by atoms with Crippen LogP contribution in [0.25, 0.3) is 0 Å². The molecule has 4 rings (SSSR count). The molecule has 2 aliphatic heterocycles. The number of nitrogens with zero attached hydrogens (tertiary/aromatic N) is 1. The van der Waals surface area contributed by atoms with Crippen molar-refractivity contribution in [3.63, 3.8) is 0 Å². The molecule has 6 heteroatoms. The fourth-order valence-corrected chi connectivity index (χ4v) is 3.28. The Bertz CT molecular complexity index is 778. The van der Waals surface area contributed by atoms with Gasteiger partial charge < -0.3 is 20.5 Å². The SMILES string of the molecule is NC1=NC(c2ccc3c(c2)OCO3)CC(c2ccccc2Cl)N1. The number of fused-ring (bicyclic) bond motifs is 1. The van der Waals surface area contributed by atoms with Crippen molar-refractivity contribution in [3.8, 4) is 11.5 Å². The Morgan fingerprint density at radius 1 is 1.13 bits per heavy atom. The first-order valence-electron chi connectivity index (χ1n) is 7.44. The van der Waals surface area contributed by atoms with Crippen molar-refractivity contribution in [3.05, 3.63) is 58.6 Å². The highest BCUT2D eigenvalue weighted by Gasteiger charge is 2.27. The first kappa shape index (κ1) is 14.2. The second kappa shape index (κ2) is 5.66. The lowest BCUT2D eigenvalue weighted by Crippen LogP contribution is -2.39. The largest absolute Gasteiger partial charge is 0.454 e. The molecular weight excluding hydrogens is 314 g/mol. The number of nitrogens with one attached hydrogen (secondary N) is 1. The van der Waals surface area contributed by atoms with Crippen LogP contribution in [-0.4, -0.2) is 12.8 Å². The van der Waals surface area contributed by atoms with Crippen LogP contribution in [0.5, 0.6) is 11.5 Å². The molecule has 5 nitrogen and oxygen atoms in total. The summed E-state index contributed by atoms with van der Waals surface area (Å²) in [7, 11) is 0. The highest BCUT2D eigenvalue weighted by Crippen LogP contribution is 2.39. The Balaban J connectivity index is 1.65. The summed E-state index contributed by atoms with van der Waals surface area (Å²) in [5, 5.41) is 3.94. The minimum atomic E-state index is -0.0491. The molecule has 2 aromatic rings. The quantitative estimate of drug-likeness (QED) is 0.888. The summed E-state index contributed by atoms with van der Waals surface area (Å²) in [6, 6.07) is 13.6. The lowest BCUT2D eigenvalue weighted by atomic mass is 9.93. The van der Waals surface area contributed by atoms with E-state index in [0.29, 0.717) is 5.96 Å². The molecule has 2 atom stereocenters. The van der Waals surface area contributed by atoms with Crippen LogP contribution in [0.1, 0.15) is 29.6 Å². The summed E-state index contributed by atoms with van der Waals surface area (Å²) < 4.78 is 10.8. The van der Waals surface area contributed by atoms with Crippen LogP contribution in [0.4, 0.5) is 0 Å². The molecule has 0 fully saturated rings. The van der Waals surface area contributed by atoms with Gasteiger partial charge in [-0.15, -0.1) is 0 Å². The van der Waals surface area contributed by atoms with E-state index < -0.39 is 0 Å². The Morgan fingerprint density at radius 3 is 2.83 bits per heavy atom. The summed E-state index contributed by atoms with van der Waals surface area (Å²) in [5.41, 5.74) is 8.07. The number of aliphatic imine (C=N–C) groups is 1. The van der Waals surface area contributed by atoms with Gasteiger partial charge in [-0.3, -0.25) is 0 Å². The highest BCUT2D eigenvalue weighted by molar-refractivity contribution is 6.31. The minimum Gasteiger partial charge on any atom is -0.454 e. The van der Waals surface area contributed by atoms with Gasteiger partial charge in [-0.25, -0.2) is 4.99 Å². The number of hydrogen-bond donors (Lipinski definition) is 2. The molecule has 23 heavy (non-hydrogen) atoms. The van der Waals surface area contributed by atoms with E-state index in [0.717, 1.165) is 34.1 Å². The van der Waals surface area contributed by atoms with Gasteiger partial charge in [0.2, 0.25) is 6.79 Å². The molecule has 0 aliphatic carbocycles. The topological polar surface area (TPSA) is 68.9 Å². The van der Waals surface area contributed by atoms with Gasteiger partial charge in [0.15, 0.2) is 17.5 Å². The summed E-state index contributed by atoms with van der Waals surface area (Å²) in [6.45, 7) is 0.263. The predicted octanol–water partition coefficient (Wildman–Crippen LogP) is 3.16. The fourth-order valence-electron chi connectivity index (χ4n) is 3.01. The van der Waals surface area contributed by atoms with Crippen LogP contribution in [0.15, 0.2) is 47.5 Å². The van der Waals surface area contributed by atoms with Gasteiger partial charge in [0.1, 0.15) is 0 Å². The Labute approximate surface area is 139 Å². The molecule has 0 amide bonds. The van der Waals surface area contributed by atoms with Gasteiger partial charge in [-0.1, -0.05) is 35.9 Å². The van der Waals surface area contributed by atoms with Crippen LogP contribution < -0.4 is 20.5 Å². The lowest BCUT2D eigenvalue weighted by molar-refractivity contribution is 0.174. The molecule has 0 radical (unpaired) electrons. The molecule has 0 aromatic heterocycles. The Kier molecular flexibility index (Phi) is 3.50. The average Bonchev–Trinajstić information content (AvgIpc) is 3.02. The maximum atomic E-state index is 6.32. The monoisotopic (exact) mass is 329 g/mol. The maximum Gasteiger partial charge on any atom is 0.231 e. The first-order chi connectivity index (χ1) is 11.2. The highest BCUT2D eigenvalue weighted by atomic mass is 35.5. The number of guanidine groups is 1. The standard InChI is InChI=1S/C17H16ClN3O2/c18-12-4-2-1-3-11(12)14-8-13(20-17(19)21-14)10-5-6-15-16(7-10)23-9-22-15/h1-7,13-14H,8-9H2,(H3,19,20,21). The molecule has 0 spiro atoms. The lowest BCUT2D eigenvalue weighted by Gasteiger charge is -2.29. The number of nitrogens with two attached hydrogens (primary N) is 1. The summed E-state index contributed by atoms with van der Waals surface area (Å²) in [6.07, 6.45) is 0.768. The molecule has 0 bridgehead atoms. The normalized spacial score (nSPS) is 22.4. The van der Waals surface area contributed by atoms with Gasteiger partial charge in [0.25, 0.3) is 0 Å². The maximum absolute atomic E-state index is 6.32. The third-order valence-electron chi connectivity index (χ3n) is 4.14. The smallest absolute Gasteiger partial charge is 0.231 e. The van der Waals surface area contributed by atoms with E-state index in [2.05, 4.69) is 10.3 Å². The van der Waals surface area contributed by atoms with Crippen molar-refractivity contribution in [2.75, 3.05) is 6.79 Å². The van der Waals surface area contributed by atoms with Crippen molar-refractivity contribution in [1.82, 2.24) is 5.32 Å². The van der Waals surface area contributed by atoms with E-state index >= 15 is 0 Å². The van der Waals surface area contributed by atoms with Gasteiger partial charge in [0.05, 0.1) is 12.1 Å². The minimum absolute atomic E-state index is 0.0247. The van der Waals surface area contributed by atoms with Crippen LogP contribution in [0, 0.1) is 0 Å². The molecule has 118 valence electrons. The molecule has 2 heterocycles. The number of hydrogen-bond acceptors (Lipinski definition) is 5. The third-order valence-corrected chi connectivity index (χ3v) is 4.48. The fraction of sp³-hybridized carbons (Fsp3) is 0.235. The molecule has 0 saturated heterocycles. The van der Waals surface area contributed by atoms with E-state index in [4.69, 9.17) is 26.8 Å². The van der Waals surface area contributed by atoms with Gasteiger partial charge in [-0.05, 0) is 35.7 Å². The molecule has 3 N–H and O–H groups in total. The number of ether oxygens (including phenoxy) is 2. The first-order valence-corrected chi connectivity index (χ1v) is 7.82. The van der Waals surface area contributed by atoms with E-state index in [-0.39, 0.29) is 18.9 Å². The van der Waals surface area contributed by atoms with E-state index in [1.165, 1.54) is 0 Å². The van der Waals surface area contributed by atoms with Crippen LogP contribution in [0.2, 0.25) is 5.02 Å². The van der Waals surface area contributed by atoms with Crippen LogP contribution >= 0.6 is 11.6 Å². The van der Waals surface area contributed by atoms with Crippen molar-refractivity contribution in [2.45, 2.75) is 18.5 Å². The van der Waals surface area contributed by atoms with Crippen LogP contribution in [-0.2, 0) is 0 Å². The van der Waals surface area contributed by atoms with Gasteiger partial charge in [-0.2, -0.15) is 0 Å². The zero-order valence-electron chi connectivity index (χ0n) is 12.3. The number of rotatable bonds is 2. The van der Waals surface area contributed by atoms with E-state index in [1.54, 1.807) is 0 Å². The van der Waals surface area contributed by atoms with Gasteiger partial charge >= 0.3 is 0 Å².